The minimum Gasteiger partial charge on any atom is -0.313 e. The highest BCUT2D eigenvalue weighted by atomic mass is 14.9. The highest BCUT2D eigenvalue weighted by Gasteiger charge is 2.19. The summed E-state index contributed by atoms with van der Waals surface area (Å²) in [6.07, 6.45) is 5.24. The predicted octanol–water partition coefficient (Wildman–Crippen LogP) is 5.29. The Morgan fingerprint density at radius 3 is 2.38 bits per heavy atom. The first-order valence-corrected chi connectivity index (χ1v) is 8.19. The summed E-state index contributed by atoms with van der Waals surface area (Å²) in [5, 5.41) is 3.37. The molecule has 3 rings (SSSR count). The zero-order valence-electron chi connectivity index (χ0n) is 13.1. The summed E-state index contributed by atoms with van der Waals surface area (Å²) in [6.45, 7) is 2.22. The van der Waals surface area contributed by atoms with Gasteiger partial charge in [0.15, 0.2) is 0 Å². The Balaban J connectivity index is 1.83. The smallest absolute Gasteiger partial charge is 0.0314 e. The van der Waals surface area contributed by atoms with Crippen molar-refractivity contribution >= 4 is 0 Å². The van der Waals surface area contributed by atoms with Crippen molar-refractivity contribution in [3.63, 3.8) is 0 Å². The summed E-state index contributed by atoms with van der Waals surface area (Å²) in [5.74, 6) is 0.804. The van der Waals surface area contributed by atoms with Gasteiger partial charge < -0.3 is 5.32 Å². The van der Waals surface area contributed by atoms with Crippen LogP contribution in [0.3, 0.4) is 0 Å². The molecule has 21 heavy (non-hydrogen) atoms. The van der Waals surface area contributed by atoms with Crippen molar-refractivity contribution in [2.24, 2.45) is 0 Å². The van der Waals surface area contributed by atoms with E-state index in [1.807, 2.05) is 7.05 Å². The van der Waals surface area contributed by atoms with Gasteiger partial charge in [0, 0.05) is 6.04 Å². The lowest BCUT2D eigenvalue weighted by Gasteiger charge is -2.26. The van der Waals surface area contributed by atoms with Crippen molar-refractivity contribution in [3.05, 3.63) is 59.7 Å². The Hall–Kier alpha value is -1.60. The number of benzene rings is 2. The van der Waals surface area contributed by atoms with Crippen LogP contribution in [0.5, 0.6) is 0 Å². The second kappa shape index (κ2) is 6.44. The minimum atomic E-state index is 0.459. The van der Waals surface area contributed by atoms with Crippen LogP contribution in [0.4, 0.5) is 0 Å². The van der Waals surface area contributed by atoms with Crippen molar-refractivity contribution in [2.45, 2.75) is 44.6 Å². The molecule has 1 fully saturated rings. The summed E-state index contributed by atoms with van der Waals surface area (Å²) in [4.78, 5) is 0. The molecule has 0 spiro atoms. The first-order valence-electron chi connectivity index (χ1n) is 8.19. The Kier molecular flexibility index (Phi) is 4.40. The topological polar surface area (TPSA) is 12.0 Å². The van der Waals surface area contributed by atoms with E-state index in [0.717, 1.165) is 12.3 Å². The third-order valence-electron chi connectivity index (χ3n) is 4.87. The van der Waals surface area contributed by atoms with Crippen molar-refractivity contribution in [2.75, 3.05) is 7.05 Å². The van der Waals surface area contributed by atoms with Gasteiger partial charge in [0.05, 0.1) is 0 Å². The molecule has 0 radical (unpaired) electrons. The standard InChI is InChI=1S/C20H25N/c1-3-20(21-2)17-12-10-16(11-13-17)19-9-5-8-18(14-19)15-6-4-7-15/h5,8-15,20-21H,3-4,6-7H2,1-2H3. The second-order valence-corrected chi connectivity index (χ2v) is 6.12. The molecule has 0 saturated heterocycles. The first-order chi connectivity index (χ1) is 10.3. The van der Waals surface area contributed by atoms with E-state index in [2.05, 4.69) is 60.8 Å². The largest absolute Gasteiger partial charge is 0.313 e. The molecule has 0 bridgehead atoms. The van der Waals surface area contributed by atoms with Crippen LogP contribution < -0.4 is 5.32 Å². The maximum Gasteiger partial charge on any atom is 0.0314 e. The molecule has 0 aromatic heterocycles. The molecular formula is C20H25N. The van der Waals surface area contributed by atoms with E-state index in [1.54, 1.807) is 0 Å². The SMILES string of the molecule is CCC(NC)c1ccc(-c2cccc(C3CCC3)c2)cc1. The van der Waals surface area contributed by atoms with Gasteiger partial charge in [-0.15, -0.1) is 0 Å². The molecule has 1 aliphatic carbocycles. The summed E-state index contributed by atoms with van der Waals surface area (Å²) >= 11 is 0. The zero-order chi connectivity index (χ0) is 14.7. The monoisotopic (exact) mass is 279 g/mol. The van der Waals surface area contributed by atoms with Gasteiger partial charge in [0.2, 0.25) is 0 Å². The summed E-state index contributed by atoms with van der Waals surface area (Å²) < 4.78 is 0. The Bertz CT molecular complexity index is 577. The lowest BCUT2D eigenvalue weighted by Crippen LogP contribution is -2.14. The van der Waals surface area contributed by atoms with Gasteiger partial charge in [-0.3, -0.25) is 0 Å². The third kappa shape index (κ3) is 3.03. The van der Waals surface area contributed by atoms with Gasteiger partial charge >= 0.3 is 0 Å². The van der Waals surface area contributed by atoms with Gasteiger partial charge in [-0.05, 0) is 54.5 Å². The maximum absolute atomic E-state index is 3.37. The number of hydrogen-bond acceptors (Lipinski definition) is 1. The van der Waals surface area contributed by atoms with Crippen molar-refractivity contribution < 1.29 is 0 Å². The van der Waals surface area contributed by atoms with Crippen LogP contribution >= 0.6 is 0 Å². The molecule has 1 heteroatoms. The second-order valence-electron chi connectivity index (χ2n) is 6.12. The Morgan fingerprint density at radius 2 is 1.81 bits per heavy atom. The van der Waals surface area contributed by atoms with Crippen LogP contribution in [0.25, 0.3) is 11.1 Å². The molecule has 110 valence electrons. The van der Waals surface area contributed by atoms with Crippen LogP contribution in [0.2, 0.25) is 0 Å². The lowest BCUT2D eigenvalue weighted by molar-refractivity contribution is 0.420. The third-order valence-corrected chi connectivity index (χ3v) is 4.87. The average Bonchev–Trinajstić information content (AvgIpc) is 2.48. The van der Waals surface area contributed by atoms with Crippen molar-refractivity contribution in [1.82, 2.24) is 5.32 Å². The predicted molar refractivity (Wildman–Crippen MR) is 90.6 cm³/mol. The average molecular weight is 279 g/mol. The van der Waals surface area contributed by atoms with Gasteiger partial charge in [0.1, 0.15) is 0 Å². The molecule has 0 amide bonds. The van der Waals surface area contributed by atoms with E-state index in [-0.39, 0.29) is 0 Å². The van der Waals surface area contributed by atoms with Crippen LogP contribution in [-0.2, 0) is 0 Å². The fraction of sp³-hybridized carbons (Fsp3) is 0.400. The molecule has 2 aromatic rings. The molecule has 1 aliphatic rings. The van der Waals surface area contributed by atoms with Gasteiger partial charge in [0.25, 0.3) is 0 Å². The Labute approximate surface area is 128 Å². The van der Waals surface area contributed by atoms with Gasteiger partial charge in [-0.25, -0.2) is 0 Å². The molecule has 0 aliphatic heterocycles. The molecule has 1 unspecified atom stereocenters. The molecule has 1 N–H and O–H groups in total. The maximum atomic E-state index is 3.37. The zero-order valence-corrected chi connectivity index (χ0v) is 13.1. The van der Waals surface area contributed by atoms with Crippen LogP contribution in [0, 0.1) is 0 Å². The fourth-order valence-electron chi connectivity index (χ4n) is 3.23. The number of rotatable bonds is 5. The van der Waals surface area contributed by atoms with Crippen LogP contribution in [0.15, 0.2) is 48.5 Å². The fourth-order valence-corrected chi connectivity index (χ4v) is 3.23. The summed E-state index contributed by atoms with van der Waals surface area (Å²) in [6, 6.07) is 18.6. The lowest BCUT2D eigenvalue weighted by atomic mass is 9.79. The number of nitrogens with one attached hydrogen (secondary N) is 1. The van der Waals surface area contributed by atoms with E-state index in [4.69, 9.17) is 0 Å². The molecule has 1 atom stereocenters. The van der Waals surface area contributed by atoms with Crippen molar-refractivity contribution in [1.29, 1.82) is 0 Å². The molecule has 0 heterocycles. The molecule has 1 saturated carbocycles. The quantitative estimate of drug-likeness (QED) is 0.784. The van der Waals surface area contributed by atoms with E-state index in [0.29, 0.717) is 6.04 Å². The Morgan fingerprint density at radius 1 is 1.05 bits per heavy atom. The van der Waals surface area contributed by atoms with E-state index in [1.165, 1.54) is 41.5 Å². The van der Waals surface area contributed by atoms with Crippen LogP contribution in [0.1, 0.15) is 55.7 Å². The molecule has 2 aromatic carbocycles. The van der Waals surface area contributed by atoms with E-state index >= 15 is 0 Å². The van der Waals surface area contributed by atoms with E-state index < -0.39 is 0 Å². The molecular weight excluding hydrogens is 254 g/mol. The molecule has 1 nitrogen and oxygen atoms in total. The van der Waals surface area contributed by atoms with Gasteiger partial charge in [-0.1, -0.05) is 61.9 Å². The normalized spacial score (nSPS) is 16.5. The van der Waals surface area contributed by atoms with Crippen LogP contribution in [-0.4, -0.2) is 7.05 Å². The number of hydrogen-bond donors (Lipinski definition) is 1. The first kappa shape index (κ1) is 14.3. The highest BCUT2D eigenvalue weighted by Crippen LogP contribution is 2.37. The summed E-state index contributed by atoms with van der Waals surface area (Å²) in [7, 11) is 2.03. The minimum absolute atomic E-state index is 0.459. The van der Waals surface area contributed by atoms with E-state index in [9.17, 15) is 0 Å². The highest BCUT2D eigenvalue weighted by molar-refractivity contribution is 5.64. The summed E-state index contributed by atoms with van der Waals surface area (Å²) in [5.41, 5.74) is 5.57. The van der Waals surface area contributed by atoms with Gasteiger partial charge in [-0.2, -0.15) is 0 Å². The van der Waals surface area contributed by atoms with Crippen molar-refractivity contribution in [3.8, 4) is 11.1 Å².